The minimum Gasteiger partial charge on any atom is -0.312 e. The summed E-state index contributed by atoms with van der Waals surface area (Å²) in [6.07, 6.45) is 1.60. The summed E-state index contributed by atoms with van der Waals surface area (Å²) in [5, 5.41) is 8.70. The van der Waals surface area contributed by atoms with Crippen molar-refractivity contribution in [1.82, 2.24) is 4.98 Å². The van der Waals surface area contributed by atoms with Gasteiger partial charge >= 0.3 is 0 Å². The van der Waals surface area contributed by atoms with E-state index < -0.39 is 5.82 Å². The van der Waals surface area contributed by atoms with E-state index in [1.807, 2.05) is 48.5 Å². The zero-order valence-electron chi connectivity index (χ0n) is 16.0. The number of aromatic nitrogens is 1. The van der Waals surface area contributed by atoms with E-state index in [9.17, 15) is 9.18 Å². The maximum atomic E-state index is 13.2. The van der Waals surface area contributed by atoms with Gasteiger partial charge in [-0.15, -0.1) is 0 Å². The fraction of sp³-hybridized carbons (Fsp3) is 0. The van der Waals surface area contributed by atoms with E-state index in [2.05, 4.69) is 20.8 Å². The second-order valence-corrected chi connectivity index (χ2v) is 7.82. The highest BCUT2D eigenvalue weighted by Gasteiger charge is 2.16. The molecule has 0 fully saturated rings. The fourth-order valence-electron chi connectivity index (χ4n) is 2.76. The molecule has 31 heavy (non-hydrogen) atoms. The molecule has 8 heteroatoms. The summed E-state index contributed by atoms with van der Waals surface area (Å²) < 4.78 is 13.2. The van der Waals surface area contributed by atoms with Crippen LogP contribution in [0.3, 0.4) is 0 Å². The predicted octanol–water partition coefficient (Wildman–Crippen LogP) is 6.30. The number of amides is 1. The summed E-state index contributed by atoms with van der Waals surface area (Å²) >= 11 is 7.38. The van der Waals surface area contributed by atoms with E-state index in [1.165, 1.54) is 35.6 Å². The van der Waals surface area contributed by atoms with Gasteiger partial charge in [-0.1, -0.05) is 71.5 Å². The first-order valence-corrected chi connectivity index (χ1v) is 10.5. The molecule has 0 radical (unpaired) electrons. The van der Waals surface area contributed by atoms with Gasteiger partial charge in [0.2, 0.25) is 5.13 Å². The topological polar surface area (TPSA) is 66.4 Å². The van der Waals surface area contributed by atoms with Crippen LogP contribution in [0.15, 0.2) is 84.0 Å². The van der Waals surface area contributed by atoms with Crippen LogP contribution < -0.4 is 10.7 Å². The highest BCUT2D eigenvalue weighted by Crippen LogP contribution is 2.36. The number of halogens is 2. The third kappa shape index (κ3) is 5.14. The van der Waals surface area contributed by atoms with Gasteiger partial charge in [0.05, 0.1) is 6.21 Å². The molecule has 0 saturated heterocycles. The van der Waals surface area contributed by atoms with Crippen molar-refractivity contribution in [3.05, 3.63) is 101 Å². The van der Waals surface area contributed by atoms with Crippen LogP contribution in [0.25, 0.3) is 11.3 Å². The van der Waals surface area contributed by atoms with E-state index in [-0.39, 0.29) is 5.91 Å². The van der Waals surface area contributed by atoms with Gasteiger partial charge in [-0.05, 0) is 30.3 Å². The van der Waals surface area contributed by atoms with Crippen molar-refractivity contribution < 1.29 is 9.18 Å². The lowest BCUT2D eigenvalue weighted by Crippen LogP contribution is -2.11. The number of hydrazone groups is 1. The molecule has 0 aliphatic rings. The van der Waals surface area contributed by atoms with Gasteiger partial charge in [0.25, 0.3) is 5.91 Å². The Kier molecular flexibility index (Phi) is 6.35. The van der Waals surface area contributed by atoms with Crippen LogP contribution in [0.2, 0.25) is 5.02 Å². The molecule has 4 rings (SSSR count). The van der Waals surface area contributed by atoms with E-state index in [0.717, 1.165) is 11.1 Å². The van der Waals surface area contributed by atoms with Crippen LogP contribution in [0.1, 0.15) is 15.9 Å². The summed E-state index contributed by atoms with van der Waals surface area (Å²) in [5.74, 6) is -0.755. The van der Waals surface area contributed by atoms with Crippen molar-refractivity contribution >= 4 is 45.2 Å². The summed E-state index contributed by atoms with van der Waals surface area (Å²) in [6.45, 7) is 0. The van der Waals surface area contributed by atoms with Gasteiger partial charge < -0.3 is 5.32 Å². The molecule has 1 heterocycles. The molecule has 1 aromatic heterocycles. The second kappa shape index (κ2) is 9.51. The summed E-state index contributed by atoms with van der Waals surface area (Å²) in [6, 6.07) is 22.2. The number of rotatable bonds is 6. The van der Waals surface area contributed by atoms with Crippen molar-refractivity contribution in [3.63, 3.8) is 0 Å². The van der Waals surface area contributed by atoms with Crippen LogP contribution in [0.5, 0.6) is 0 Å². The van der Waals surface area contributed by atoms with E-state index >= 15 is 0 Å². The maximum Gasteiger partial charge on any atom is 0.256 e. The fourth-order valence-corrected chi connectivity index (χ4v) is 3.77. The highest BCUT2D eigenvalue weighted by molar-refractivity contribution is 7.20. The van der Waals surface area contributed by atoms with Gasteiger partial charge in [-0.3, -0.25) is 10.2 Å². The van der Waals surface area contributed by atoms with Crippen LogP contribution in [0, 0.1) is 5.82 Å². The Morgan fingerprint density at radius 3 is 2.45 bits per heavy atom. The molecule has 0 atom stereocenters. The monoisotopic (exact) mass is 450 g/mol. The van der Waals surface area contributed by atoms with Crippen molar-refractivity contribution in [2.24, 2.45) is 5.10 Å². The predicted molar refractivity (Wildman–Crippen MR) is 125 cm³/mol. The lowest BCUT2D eigenvalue weighted by molar-refractivity contribution is 0.102. The van der Waals surface area contributed by atoms with E-state index in [1.54, 1.807) is 12.3 Å². The quantitative estimate of drug-likeness (QED) is 0.267. The highest BCUT2D eigenvalue weighted by atomic mass is 35.5. The maximum absolute atomic E-state index is 13.2. The zero-order valence-corrected chi connectivity index (χ0v) is 17.6. The average molecular weight is 451 g/mol. The van der Waals surface area contributed by atoms with Gasteiger partial charge in [-0.25, -0.2) is 9.37 Å². The number of benzene rings is 3. The Bertz CT molecular complexity index is 1230. The van der Waals surface area contributed by atoms with Crippen molar-refractivity contribution in [3.8, 4) is 11.3 Å². The average Bonchev–Trinajstić information content (AvgIpc) is 3.18. The number of carbonyl (C=O) groups excluding carboxylic acids is 1. The minimum atomic E-state index is -0.401. The largest absolute Gasteiger partial charge is 0.312 e. The first kappa shape index (κ1) is 20.7. The number of thiazole rings is 1. The lowest BCUT2D eigenvalue weighted by Gasteiger charge is -2.05. The smallest absolute Gasteiger partial charge is 0.256 e. The molecule has 3 aromatic carbocycles. The van der Waals surface area contributed by atoms with Crippen molar-refractivity contribution in [2.75, 3.05) is 10.7 Å². The number of hydrogen-bond donors (Lipinski definition) is 2. The van der Waals surface area contributed by atoms with Crippen LogP contribution in [-0.4, -0.2) is 17.1 Å². The van der Waals surface area contributed by atoms with Crippen LogP contribution in [0.4, 0.5) is 14.5 Å². The summed E-state index contributed by atoms with van der Waals surface area (Å²) in [7, 11) is 0. The Morgan fingerprint density at radius 1 is 1.00 bits per heavy atom. The zero-order chi connectivity index (χ0) is 21.6. The van der Waals surface area contributed by atoms with Gasteiger partial charge in [0, 0.05) is 21.7 Å². The van der Waals surface area contributed by atoms with E-state index in [4.69, 9.17) is 11.6 Å². The lowest BCUT2D eigenvalue weighted by atomic mass is 10.1. The van der Waals surface area contributed by atoms with Gasteiger partial charge in [-0.2, -0.15) is 5.10 Å². The minimum absolute atomic E-state index is 0.347. The Labute approximate surface area is 187 Å². The van der Waals surface area contributed by atoms with Gasteiger partial charge in [0.15, 0.2) is 0 Å². The van der Waals surface area contributed by atoms with Crippen molar-refractivity contribution in [1.29, 1.82) is 0 Å². The summed E-state index contributed by atoms with van der Waals surface area (Å²) in [5.41, 5.74) is 5.45. The molecule has 154 valence electrons. The second-order valence-electron chi connectivity index (χ2n) is 6.42. The molecule has 0 aliphatic carbocycles. The van der Waals surface area contributed by atoms with Crippen LogP contribution in [-0.2, 0) is 0 Å². The number of nitrogens with zero attached hydrogens (tertiary/aromatic N) is 2. The molecule has 5 nitrogen and oxygen atoms in total. The molecule has 0 saturated carbocycles. The number of hydrogen-bond acceptors (Lipinski definition) is 5. The van der Waals surface area contributed by atoms with Gasteiger partial charge in [0.1, 0.15) is 16.5 Å². The molecule has 0 spiro atoms. The molecule has 0 bridgehead atoms. The van der Waals surface area contributed by atoms with Crippen molar-refractivity contribution in [2.45, 2.75) is 0 Å². The Morgan fingerprint density at radius 2 is 1.71 bits per heavy atom. The number of carbonyl (C=O) groups is 1. The Hall–Kier alpha value is -3.55. The molecular formula is C23H16ClFN4OS. The molecule has 1 amide bonds. The first-order valence-electron chi connectivity index (χ1n) is 9.27. The first-order chi connectivity index (χ1) is 15.1. The standard InChI is InChI=1S/C23H16ClFN4OS/c24-19-9-5-4-8-17(19)14-26-29-23-27-20(15-6-2-1-3-7-15)22(31-23)28-21(30)16-10-12-18(25)13-11-16/h1-14H,(H,27,29)(H,28,30). The molecule has 0 unspecified atom stereocenters. The van der Waals surface area contributed by atoms with Crippen LogP contribution >= 0.6 is 22.9 Å². The summed E-state index contributed by atoms with van der Waals surface area (Å²) in [4.78, 5) is 17.2. The SMILES string of the molecule is O=C(Nc1sc(NN=Cc2ccccc2Cl)nc1-c1ccccc1)c1ccc(F)cc1. The molecule has 4 aromatic rings. The normalized spacial score (nSPS) is 10.9. The Balaban J connectivity index is 1.59. The number of anilines is 2. The van der Waals surface area contributed by atoms with E-state index in [0.29, 0.717) is 26.4 Å². The third-order valence-electron chi connectivity index (χ3n) is 4.28. The molecule has 0 aliphatic heterocycles. The molecular weight excluding hydrogens is 435 g/mol. The third-order valence-corrected chi connectivity index (χ3v) is 5.50. The molecule has 2 N–H and O–H groups in total. The number of nitrogens with one attached hydrogen (secondary N) is 2.